The van der Waals surface area contributed by atoms with Gasteiger partial charge in [-0.3, -0.25) is 19.6 Å². The first-order valence-corrected chi connectivity index (χ1v) is 10.7. The van der Waals surface area contributed by atoms with Crippen molar-refractivity contribution in [3.05, 3.63) is 45.5 Å². The van der Waals surface area contributed by atoms with E-state index in [1.54, 1.807) is 0 Å². The summed E-state index contributed by atoms with van der Waals surface area (Å²) in [5, 5.41) is 20.3. The first-order chi connectivity index (χ1) is 14.4. The largest absolute Gasteiger partial charge is 0.477 e. The Hall–Kier alpha value is -3.12. The maximum Gasteiger partial charge on any atom is 0.356 e. The zero-order valence-corrected chi connectivity index (χ0v) is 17.2. The van der Waals surface area contributed by atoms with Crippen molar-refractivity contribution in [1.82, 2.24) is 20.4 Å². The number of β-lactam (4-membered cyclic amide) rings is 1. The molecule has 2 aromatic heterocycles. The van der Waals surface area contributed by atoms with E-state index >= 15 is 0 Å². The normalized spacial score (nSPS) is 20.4. The summed E-state index contributed by atoms with van der Waals surface area (Å²) >= 11 is 2.77. The molecule has 3 N–H and O–H groups in total. The summed E-state index contributed by atoms with van der Waals surface area (Å²) in [7, 11) is 1.22. The van der Waals surface area contributed by atoms with Crippen molar-refractivity contribution in [1.29, 1.82) is 0 Å². The number of nitrogens with one attached hydrogen (secondary N) is 2. The van der Waals surface area contributed by atoms with E-state index < -0.39 is 29.3 Å². The van der Waals surface area contributed by atoms with Gasteiger partial charge in [-0.15, -0.1) is 23.1 Å². The topological polar surface area (TPSA) is 142 Å². The van der Waals surface area contributed by atoms with E-state index in [1.807, 2.05) is 17.5 Å². The molecule has 2 aliphatic rings. The number of aromatic amines is 1. The zero-order valence-electron chi connectivity index (χ0n) is 15.6. The number of aromatic nitrogens is 2. The van der Waals surface area contributed by atoms with Gasteiger partial charge in [-0.1, -0.05) is 6.07 Å². The van der Waals surface area contributed by atoms with Gasteiger partial charge in [-0.05, 0) is 17.5 Å². The number of esters is 1. The lowest BCUT2D eigenvalue weighted by molar-refractivity contribution is -0.150. The monoisotopic (exact) mass is 448 g/mol. The molecule has 12 heteroatoms. The van der Waals surface area contributed by atoms with Crippen LogP contribution in [0.25, 0.3) is 5.57 Å². The molecule has 1 fully saturated rings. The molecular formula is C18H16N4O6S2. The van der Waals surface area contributed by atoms with Crippen molar-refractivity contribution in [2.75, 3.05) is 12.9 Å². The summed E-state index contributed by atoms with van der Waals surface area (Å²) in [4.78, 5) is 50.5. The molecule has 4 rings (SSSR count). The van der Waals surface area contributed by atoms with Crippen LogP contribution in [0.4, 0.5) is 0 Å². The molecule has 2 amide bonds. The van der Waals surface area contributed by atoms with Gasteiger partial charge in [0.2, 0.25) is 5.91 Å². The van der Waals surface area contributed by atoms with Crippen LogP contribution in [0, 0.1) is 0 Å². The number of amides is 2. The number of carbonyl (C=O) groups is 4. The molecule has 0 saturated carbocycles. The van der Waals surface area contributed by atoms with Crippen molar-refractivity contribution in [2.45, 2.75) is 17.8 Å². The number of nitrogens with zero attached hydrogens (tertiary/aromatic N) is 2. The number of rotatable bonds is 6. The number of methoxy groups -OCH3 is 1. The Morgan fingerprint density at radius 1 is 1.43 bits per heavy atom. The van der Waals surface area contributed by atoms with Crippen molar-refractivity contribution in [3.8, 4) is 0 Å². The van der Waals surface area contributed by atoms with E-state index in [1.165, 1.54) is 36.3 Å². The number of thioether (sulfide) groups is 1. The number of fused-ring (bicyclic) bond motifs is 1. The number of ether oxygens (including phenoxy) is 1. The maximum atomic E-state index is 12.7. The molecule has 2 atom stereocenters. The number of carboxylic acids is 1. The number of thiophene rings is 1. The third kappa shape index (κ3) is 3.48. The fourth-order valence-electron chi connectivity index (χ4n) is 3.30. The summed E-state index contributed by atoms with van der Waals surface area (Å²) < 4.78 is 4.61. The Bertz CT molecular complexity index is 1060. The fourth-order valence-corrected chi connectivity index (χ4v) is 5.36. The third-order valence-corrected chi connectivity index (χ3v) is 6.85. The second-order valence-corrected chi connectivity index (χ2v) is 8.64. The van der Waals surface area contributed by atoms with Crippen molar-refractivity contribution < 1.29 is 29.0 Å². The van der Waals surface area contributed by atoms with Crippen molar-refractivity contribution >= 4 is 52.4 Å². The van der Waals surface area contributed by atoms with Gasteiger partial charge in [0.25, 0.3) is 5.91 Å². The Morgan fingerprint density at radius 3 is 2.90 bits per heavy atom. The number of hydrogen-bond acceptors (Lipinski definition) is 8. The van der Waals surface area contributed by atoms with E-state index in [-0.39, 0.29) is 35.2 Å². The number of aliphatic carboxylic acids is 1. The molecule has 156 valence electrons. The number of carbonyl (C=O) groups excluding carboxylic acids is 3. The van der Waals surface area contributed by atoms with E-state index in [0.29, 0.717) is 5.57 Å². The summed E-state index contributed by atoms with van der Waals surface area (Å²) in [5.41, 5.74) is 0.435. The van der Waals surface area contributed by atoms with Crippen LogP contribution < -0.4 is 5.32 Å². The van der Waals surface area contributed by atoms with Crippen molar-refractivity contribution in [2.24, 2.45) is 0 Å². The number of hydrogen-bond donors (Lipinski definition) is 3. The van der Waals surface area contributed by atoms with Gasteiger partial charge in [-0.25, -0.2) is 9.59 Å². The third-order valence-electron chi connectivity index (χ3n) is 4.69. The predicted molar refractivity (Wildman–Crippen MR) is 108 cm³/mol. The minimum Gasteiger partial charge on any atom is -0.477 e. The number of H-pyrrole nitrogens is 1. The fraction of sp³-hybridized carbons (Fsp3) is 0.278. The number of carboxylic acid groups (broad SMARTS) is 1. The highest BCUT2D eigenvalue weighted by atomic mass is 32.2. The average molecular weight is 448 g/mol. The van der Waals surface area contributed by atoms with E-state index in [4.69, 9.17) is 0 Å². The van der Waals surface area contributed by atoms with Crippen LogP contribution in [0.15, 0.2) is 29.3 Å². The molecule has 0 bridgehead atoms. The van der Waals surface area contributed by atoms with E-state index in [2.05, 4.69) is 20.3 Å². The second-order valence-electron chi connectivity index (χ2n) is 6.50. The molecule has 0 aliphatic carbocycles. The molecular weight excluding hydrogens is 432 g/mol. The molecule has 1 saturated heterocycles. The molecule has 2 aromatic rings. The van der Waals surface area contributed by atoms with Crippen LogP contribution in [0.1, 0.15) is 21.1 Å². The predicted octanol–water partition coefficient (Wildman–Crippen LogP) is 0.696. The van der Waals surface area contributed by atoms with Gasteiger partial charge in [0, 0.05) is 16.2 Å². The molecule has 30 heavy (non-hydrogen) atoms. The van der Waals surface area contributed by atoms with E-state index in [0.717, 1.165) is 9.78 Å². The highest BCUT2D eigenvalue weighted by Crippen LogP contribution is 2.43. The summed E-state index contributed by atoms with van der Waals surface area (Å²) in [6.07, 6.45) is 0.162. The molecule has 0 radical (unpaired) electrons. The van der Waals surface area contributed by atoms with Gasteiger partial charge >= 0.3 is 11.9 Å². The Labute approximate surface area is 178 Å². The summed E-state index contributed by atoms with van der Waals surface area (Å²) in [6, 6.07) is 4.27. The van der Waals surface area contributed by atoms with Gasteiger partial charge in [0.15, 0.2) is 0 Å². The quantitative estimate of drug-likeness (QED) is 0.433. The van der Waals surface area contributed by atoms with Crippen LogP contribution in [0.2, 0.25) is 0 Å². The lowest BCUT2D eigenvalue weighted by Gasteiger charge is -2.49. The molecule has 0 aromatic carbocycles. The van der Waals surface area contributed by atoms with Crippen LogP contribution in [0.3, 0.4) is 0 Å². The maximum absolute atomic E-state index is 12.7. The molecule has 0 unspecified atom stereocenters. The average Bonchev–Trinajstić information content (AvgIpc) is 3.42. The van der Waals surface area contributed by atoms with Crippen LogP contribution in [-0.4, -0.2) is 68.2 Å². The van der Waals surface area contributed by atoms with Gasteiger partial charge in [-0.2, -0.15) is 5.10 Å². The minimum absolute atomic E-state index is 0.0746. The van der Waals surface area contributed by atoms with Crippen LogP contribution in [0.5, 0.6) is 0 Å². The van der Waals surface area contributed by atoms with E-state index in [9.17, 15) is 24.3 Å². The zero-order chi connectivity index (χ0) is 21.4. The molecule has 0 spiro atoms. The molecule has 4 heterocycles. The minimum atomic E-state index is -1.28. The highest BCUT2D eigenvalue weighted by Gasteiger charge is 2.54. The Balaban J connectivity index is 1.54. The van der Waals surface area contributed by atoms with Crippen molar-refractivity contribution in [3.63, 3.8) is 0 Å². The summed E-state index contributed by atoms with van der Waals surface area (Å²) in [5.74, 6) is -2.46. The standard InChI is InChI=1S/C18H16N4O6S2/c1-28-18(27)11-6-10(20-21-11)9-7-30-16-13(15(24)22(16)14(9)17(25)26)19-12(23)5-8-3-2-4-29-8/h2-4,6,13,16H,5,7H2,1H3,(H,19,23)(H,20,21)(H,25,26)/t13-,16-/m1/s1. The SMILES string of the molecule is COC(=O)c1cc(C2=C(C(=O)O)N3C(=O)[C@@H](NC(=O)Cc4cccs4)[C@H]3SC2)n[nH]1. The molecule has 10 nitrogen and oxygen atoms in total. The molecule has 2 aliphatic heterocycles. The Kier molecular flexibility index (Phi) is 5.35. The first-order valence-electron chi connectivity index (χ1n) is 8.77. The lowest BCUT2D eigenvalue weighted by atomic mass is 10.0. The van der Waals surface area contributed by atoms with Gasteiger partial charge in [0.1, 0.15) is 22.8 Å². The Morgan fingerprint density at radius 2 is 2.23 bits per heavy atom. The smallest absolute Gasteiger partial charge is 0.356 e. The first kappa shape index (κ1) is 20.2. The van der Waals surface area contributed by atoms with Gasteiger partial charge in [0.05, 0.1) is 19.2 Å². The second kappa shape index (κ2) is 7.95. The van der Waals surface area contributed by atoms with Gasteiger partial charge < -0.3 is 15.2 Å². The lowest BCUT2D eigenvalue weighted by Crippen LogP contribution is -2.70. The summed E-state index contributed by atoms with van der Waals surface area (Å²) in [6.45, 7) is 0. The highest BCUT2D eigenvalue weighted by molar-refractivity contribution is 8.00. The van der Waals surface area contributed by atoms with Crippen LogP contribution in [-0.2, 0) is 25.5 Å². The van der Waals surface area contributed by atoms with Crippen LogP contribution >= 0.6 is 23.1 Å².